The van der Waals surface area contributed by atoms with Crippen LogP contribution in [0, 0.1) is 5.41 Å². The van der Waals surface area contributed by atoms with Crippen LogP contribution in [0.15, 0.2) is 24.7 Å². The number of rotatable bonds is 1. The van der Waals surface area contributed by atoms with E-state index in [0.717, 1.165) is 74.4 Å². The molecule has 28 heavy (non-hydrogen) atoms. The third kappa shape index (κ3) is 2.93. The zero-order valence-corrected chi connectivity index (χ0v) is 16.7. The number of aromatic nitrogens is 4. The van der Waals surface area contributed by atoms with Crippen molar-refractivity contribution in [1.29, 1.82) is 0 Å². The number of nitrogens with zero attached hydrogens (tertiary/aromatic N) is 5. The first-order valence-corrected chi connectivity index (χ1v) is 10.4. The number of nitrogens with one attached hydrogen (secondary N) is 1. The van der Waals surface area contributed by atoms with Gasteiger partial charge in [-0.25, -0.2) is 14.8 Å². The summed E-state index contributed by atoms with van der Waals surface area (Å²) >= 11 is 0. The van der Waals surface area contributed by atoms with Crippen molar-refractivity contribution in [2.45, 2.75) is 45.4 Å². The minimum Gasteiger partial charge on any atom is -0.345 e. The Morgan fingerprint density at radius 2 is 1.93 bits per heavy atom. The predicted octanol–water partition coefficient (Wildman–Crippen LogP) is 3.63. The molecule has 1 atom stereocenters. The van der Waals surface area contributed by atoms with Gasteiger partial charge in [0.15, 0.2) is 5.65 Å². The second-order valence-electron chi connectivity index (χ2n) is 9.07. The molecule has 0 spiro atoms. The second kappa shape index (κ2) is 6.50. The number of carbonyl (C=O) groups excluding carboxylic acids is 1. The molecule has 2 aliphatic heterocycles. The van der Waals surface area contributed by atoms with Gasteiger partial charge in [-0.1, -0.05) is 13.8 Å². The summed E-state index contributed by atoms with van der Waals surface area (Å²) in [4.78, 5) is 29.6. The van der Waals surface area contributed by atoms with Crippen molar-refractivity contribution in [3.63, 3.8) is 0 Å². The molecule has 7 heteroatoms. The molecule has 2 saturated heterocycles. The Morgan fingerprint density at radius 1 is 1.14 bits per heavy atom. The van der Waals surface area contributed by atoms with E-state index in [1.165, 1.54) is 0 Å². The first-order chi connectivity index (χ1) is 13.5. The molecule has 7 nitrogen and oxygen atoms in total. The second-order valence-corrected chi connectivity index (χ2v) is 9.07. The first kappa shape index (κ1) is 17.5. The van der Waals surface area contributed by atoms with Gasteiger partial charge in [-0.3, -0.25) is 4.40 Å². The van der Waals surface area contributed by atoms with Crippen molar-refractivity contribution >= 4 is 22.7 Å². The summed E-state index contributed by atoms with van der Waals surface area (Å²) in [6.45, 7) is 7.92. The Labute approximate surface area is 164 Å². The first-order valence-electron chi connectivity index (χ1n) is 10.4. The highest BCUT2D eigenvalue weighted by Gasteiger charge is 2.33. The average Bonchev–Trinajstić information content (AvgIpc) is 3.33. The van der Waals surface area contributed by atoms with E-state index >= 15 is 0 Å². The lowest BCUT2D eigenvalue weighted by molar-refractivity contribution is 0.103. The summed E-state index contributed by atoms with van der Waals surface area (Å²) in [5.74, 6) is 1.29. The van der Waals surface area contributed by atoms with Crippen LogP contribution in [0.3, 0.4) is 0 Å². The van der Waals surface area contributed by atoms with Crippen molar-refractivity contribution < 1.29 is 4.79 Å². The topological polar surface area (TPSA) is 69.5 Å². The Bertz CT molecular complexity index is 1010. The summed E-state index contributed by atoms with van der Waals surface area (Å²) in [5.41, 5.74) is 3.27. The van der Waals surface area contributed by atoms with Crippen LogP contribution in [0.25, 0.3) is 16.7 Å². The average molecular weight is 380 g/mol. The van der Waals surface area contributed by atoms with Crippen LogP contribution in [-0.4, -0.2) is 61.4 Å². The highest BCUT2D eigenvalue weighted by atomic mass is 16.2. The van der Waals surface area contributed by atoms with E-state index in [9.17, 15) is 4.79 Å². The molecule has 1 unspecified atom stereocenters. The Morgan fingerprint density at radius 3 is 2.75 bits per heavy atom. The van der Waals surface area contributed by atoms with Crippen LogP contribution in [0.2, 0.25) is 0 Å². The molecule has 2 fully saturated rings. The number of hydrogen-bond acceptors (Lipinski definition) is 3. The summed E-state index contributed by atoms with van der Waals surface area (Å²) in [5, 5.41) is 0. The van der Waals surface area contributed by atoms with E-state index in [-0.39, 0.29) is 11.9 Å². The molecule has 2 aliphatic rings. The van der Waals surface area contributed by atoms with Crippen molar-refractivity contribution in [3.05, 3.63) is 30.5 Å². The summed E-state index contributed by atoms with van der Waals surface area (Å²) in [6, 6.07) is 2.25. The molecule has 0 bridgehead atoms. The Kier molecular flexibility index (Phi) is 4.07. The SMILES string of the molecule is CC1(C)CCN(C(=O)N2CCCC(c3ncc4cnc5[nH]ccc5n34)C2)CC1. The lowest BCUT2D eigenvalue weighted by atomic mass is 9.83. The molecule has 0 aromatic carbocycles. The van der Waals surface area contributed by atoms with Gasteiger partial charge in [-0.15, -0.1) is 0 Å². The smallest absolute Gasteiger partial charge is 0.320 e. The fourth-order valence-corrected chi connectivity index (χ4v) is 4.65. The monoisotopic (exact) mass is 380 g/mol. The van der Waals surface area contributed by atoms with Crippen molar-refractivity contribution in [3.8, 4) is 0 Å². The lowest BCUT2D eigenvalue weighted by Gasteiger charge is -2.41. The van der Waals surface area contributed by atoms with Crippen LogP contribution < -0.4 is 0 Å². The quantitative estimate of drug-likeness (QED) is 0.701. The number of fused-ring (bicyclic) bond motifs is 3. The maximum absolute atomic E-state index is 13.1. The number of aromatic amines is 1. The van der Waals surface area contributed by atoms with Gasteiger partial charge < -0.3 is 14.8 Å². The molecule has 3 aromatic rings. The molecule has 3 aromatic heterocycles. The Hall–Kier alpha value is -2.57. The van der Waals surface area contributed by atoms with E-state index in [1.807, 2.05) is 34.5 Å². The van der Waals surface area contributed by atoms with Crippen LogP contribution in [0.1, 0.15) is 51.3 Å². The number of imidazole rings is 1. The van der Waals surface area contributed by atoms with E-state index in [1.54, 1.807) is 0 Å². The number of urea groups is 1. The standard InChI is InChI=1S/C21H28N6O/c1-21(2)6-10-25(11-7-21)20(28)26-9-3-4-15(14-26)19-24-13-16-12-23-18-17(27(16)19)5-8-22-18/h5,8,12-13,15,22H,3-4,6-7,9-11,14H2,1-2H3. The van der Waals surface area contributed by atoms with Crippen molar-refractivity contribution in [2.75, 3.05) is 26.2 Å². The van der Waals surface area contributed by atoms with Gasteiger partial charge in [0.25, 0.3) is 0 Å². The highest BCUT2D eigenvalue weighted by molar-refractivity contribution is 5.76. The van der Waals surface area contributed by atoms with Gasteiger partial charge >= 0.3 is 6.03 Å². The molecule has 0 aliphatic carbocycles. The third-order valence-electron chi connectivity index (χ3n) is 6.53. The fraction of sp³-hybridized carbons (Fsp3) is 0.571. The zero-order valence-electron chi connectivity index (χ0n) is 16.7. The van der Waals surface area contributed by atoms with E-state index < -0.39 is 0 Å². The zero-order chi connectivity index (χ0) is 19.3. The number of piperidine rings is 2. The molecular weight excluding hydrogens is 352 g/mol. The molecule has 0 radical (unpaired) electrons. The van der Waals surface area contributed by atoms with Crippen molar-refractivity contribution in [1.82, 2.24) is 29.2 Å². The number of likely N-dealkylation sites (tertiary alicyclic amines) is 2. The minimum atomic E-state index is 0.203. The third-order valence-corrected chi connectivity index (χ3v) is 6.53. The summed E-state index contributed by atoms with van der Waals surface area (Å²) < 4.78 is 2.20. The molecular formula is C21H28N6O. The fourth-order valence-electron chi connectivity index (χ4n) is 4.65. The van der Waals surface area contributed by atoms with Crippen molar-refractivity contribution in [2.24, 2.45) is 5.41 Å². The van der Waals surface area contributed by atoms with Gasteiger partial charge in [0, 0.05) is 38.3 Å². The van der Waals surface area contributed by atoms with E-state index in [0.29, 0.717) is 5.41 Å². The maximum atomic E-state index is 13.1. The number of H-pyrrole nitrogens is 1. The normalized spacial score (nSPS) is 22.9. The molecule has 5 heterocycles. The van der Waals surface area contributed by atoms with Gasteiger partial charge in [0.1, 0.15) is 5.82 Å². The number of carbonyl (C=O) groups is 1. The minimum absolute atomic E-state index is 0.203. The molecule has 2 amide bonds. The molecule has 5 rings (SSSR count). The lowest BCUT2D eigenvalue weighted by Crippen LogP contribution is -2.50. The largest absolute Gasteiger partial charge is 0.345 e. The van der Waals surface area contributed by atoms with Crippen LogP contribution in [0.5, 0.6) is 0 Å². The van der Waals surface area contributed by atoms with Crippen LogP contribution in [-0.2, 0) is 0 Å². The number of hydrogen-bond donors (Lipinski definition) is 1. The summed E-state index contributed by atoms with van der Waals surface area (Å²) in [7, 11) is 0. The Balaban J connectivity index is 1.38. The maximum Gasteiger partial charge on any atom is 0.320 e. The van der Waals surface area contributed by atoms with Gasteiger partial charge in [0.05, 0.1) is 23.4 Å². The molecule has 148 valence electrons. The van der Waals surface area contributed by atoms with Gasteiger partial charge in [0.2, 0.25) is 0 Å². The van der Waals surface area contributed by atoms with E-state index in [2.05, 4.69) is 28.2 Å². The molecule has 0 saturated carbocycles. The van der Waals surface area contributed by atoms with E-state index in [4.69, 9.17) is 4.98 Å². The van der Waals surface area contributed by atoms with Crippen LogP contribution >= 0.6 is 0 Å². The molecule has 1 N–H and O–H groups in total. The van der Waals surface area contributed by atoms with Gasteiger partial charge in [-0.2, -0.15) is 0 Å². The summed E-state index contributed by atoms with van der Waals surface area (Å²) in [6.07, 6.45) is 9.91. The van der Waals surface area contributed by atoms with Crippen LogP contribution in [0.4, 0.5) is 4.79 Å². The number of amides is 2. The predicted molar refractivity (Wildman–Crippen MR) is 108 cm³/mol. The van der Waals surface area contributed by atoms with Gasteiger partial charge in [-0.05, 0) is 37.2 Å². The highest BCUT2D eigenvalue weighted by Crippen LogP contribution is 2.32.